The minimum absolute atomic E-state index is 0.0318. The summed E-state index contributed by atoms with van der Waals surface area (Å²) in [4.78, 5) is 11.9. The minimum Gasteiger partial charge on any atom is -0.318 e. The second kappa shape index (κ2) is 5.45. The SMILES string of the molecule is Cc1ccc(NC(=O)c2cc(Cl)n(S(C)(=O)=O)n2)c(F)c1. The molecule has 0 saturated carbocycles. The summed E-state index contributed by atoms with van der Waals surface area (Å²) in [6.45, 7) is 1.71. The smallest absolute Gasteiger partial charge is 0.276 e. The molecule has 0 saturated heterocycles. The highest BCUT2D eigenvalue weighted by molar-refractivity contribution is 7.89. The highest BCUT2D eigenvalue weighted by Crippen LogP contribution is 2.18. The Morgan fingerprint density at radius 3 is 2.57 bits per heavy atom. The van der Waals surface area contributed by atoms with Crippen molar-refractivity contribution in [3.8, 4) is 0 Å². The normalized spacial score (nSPS) is 11.4. The first-order valence-corrected chi connectivity index (χ1v) is 7.95. The number of carbonyl (C=O) groups is 1. The van der Waals surface area contributed by atoms with Gasteiger partial charge >= 0.3 is 0 Å². The summed E-state index contributed by atoms with van der Waals surface area (Å²) < 4.78 is 36.9. The lowest BCUT2D eigenvalue weighted by Gasteiger charge is -2.05. The van der Waals surface area contributed by atoms with Crippen molar-refractivity contribution in [1.29, 1.82) is 0 Å². The number of nitrogens with one attached hydrogen (secondary N) is 1. The van der Waals surface area contributed by atoms with Gasteiger partial charge in [0.1, 0.15) is 11.0 Å². The average molecular weight is 332 g/mol. The molecule has 9 heteroatoms. The van der Waals surface area contributed by atoms with E-state index in [1.54, 1.807) is 13.0 Å². The number of hydrogen-bond donors (Lipinski definition) is 1. The van der Waals surface area contributed by atoms with Crippen LogP contribution in [0.4, 0.5) is 10.1 Å². The van der Waals surface area contributed by atoms with Crippen LogP contribution in [0.1, 0.15) is 16.1 Å². The number of rotatable bonds is 3. The van der Waals surface area contributed by atoms with Crippen molar-refractivity contribution in [1.82, 2.24) is 9.19 Å². The van der Waals surface area contributed by atoms with Crippen molar-refractivity contribution in [2.75, 3.05) is 11.6 Å². The first kappa shape index (κ1) is 15.5. The molecule has 0 atom stereocenters. The molecule has 0 fully saturated rings. The summed E-state index contributed by atoms with van der Waals surface area (Å²) in [5, 5.41) is 5.66. The highest BCUT2D eigenvalue weighted by Gasteiger charge is 2.19. The van der Waals surface area contributed by atoms with Gasteiger partial charge in [-0.3, -0.25) is 4.79 Å². The summed E-state index contributed by atoms with van der Waals surface area (Å²) in [6.07, 6.45) is 0.896. The zero-order valence-corrected chi connectivity index (χ0v) is 12.7. The largest absolute Gasteiger partial charge is 0.318 e. The number of benzene rings is 1. The number of halogens is 2. The van der Waals surface area contributed by atoms with Gasteiger partial charge in [0.15, 0.2) is 5.69 Å². The lowest BCUT2D eigenvalue weighted by molar-refractivity contribution is 0.102. The molecule has 1 amide bonds. The molecule has 0 unspecified atom stereocenters. The predicted molar refractivity (Wildman–Crippen MR) is 76.6 cm³/mol. The van der Waals surface area contributed by atoms with Gasteiger partial charge in [-0.25, -0.2) is 12.8 Å². The van der Waals surface area contributed by atoms with Crippen LogP contribution in [-0.4, -0.2) is 29.8 Å². The molecular weight excluding hydrogens is 321 g/mol. The van der Waals surface area contributed by atoms with Crippen LogP contribution in [0.25, 0.3) is 0 Å². The Morgan fingerprint density at radius 2 is 2.05 bits per heavy atom. The van der Waals surface area contributed by atoms with Crippen molar-refractivity contribution in [3.05, 3.63) is 46.5 Å². The molecule has 0 aliphatic carbocycles. The van der Waals surface area contributed by atoms with Gasteiger partial charge in [0.05, 0.1) is 11.9 Å². The Hall–Kier alpha value is -1.93. The molecule has 21 heavy (non-hydrogen) atoms. The van der Waals surface area contributed by atoms with Gasteiger partial charge in [-0.2, -0.15) is 5.10 Å². The van der Waals surface area contributed by atoms with Gasteiger partial charge in [0.25, 0.3) is 15.9 Å². The minimum atomic E-state index is -3.71. The Morgan fingerprint density at radius 1 is 1.38 bits per heavy atom. The fourth-order valence-electron chi connectivity index (χ4n) is 1.59. The topological polar surface area (TPSA) is 81.1 Å². The van der Waals surface area contributed by atoms with Crippen LogP contribution < -0.4 is 5.32 Å². The zero-order chi connectivity index (χ0) is 15.8. The van der Waals surface area contributed by atoms with Crippen LogP contribution in [0.5, 0.6) is 0 Å². The monoisotopic (exact) mass is 331 g/mol. The van der Waals surface area contributed by atoms with Gasteiger partial charge in [-0.15, -0.1) is 4.09 Å². The molecule has 2 rings (SSSR count). The highest BCUT2D eigenvalue weighted by atomic mass is 35.5. The second-order valence-corrected chi connectivity index (χ2v) is 6.59. The number of hydrogen-bond acceptors (Lipinski definition) is 4. The van der Waals surface area contributed by atoms with Gasteiger partial charge in [0, 0.05) is 6.07 Å². The van der Waals surface area contributed by atoms with Crippen LogP contribution in [0.15, 0.2) is 24.3 Å². The van der Waals surface area contributed by atoms with Crippen LogP contribution in [-0.2, 0) is 10.0 Å². The predicted octanol–water partition coefficient (Wildman–Crippen LogP) is 2.04. The van der Waals surface area contributed by atoms with E-state index in [0.29, 0.717) is 9.65 Å². The van der Waals surface area contributed by atoms with Crippen molar-refractivity contribution in [3.63, 3.8) is 0 Å². The lowest BCUT2D eigenvalue weighted by Crippen LogP contribution is -2.16. The third-order valence-electron chi connectivity index (χ3n) is 2.56. The van der Waals surface area contributed by atoms with Crippen molar-refractivity contribution in [2.45, 2.75) is 6.92 Å². The van der Waals surface area contributed by atoms with Crippen molar-refractivity contribution < 1.29 is 17.6 Å². The summed E-state index contributed by atoms with van der Waals surface area (Å²) in [5.74, 6) is -1.36. The molecule has 6 nitrogen and oxygen atoms in total. The van der Waals surface area contributed by atoms with Gasteiger partial charge in [-0.1, -0.05) is 17.7 Å². The molecule has 1 heterocycles. The van der Waals surface area contributed by atoms with E-state index in [2.05, 4.69) is 10.4 Å². The number of amides is 1. The van der Waals surface area contributed by atoms with Gasteiger partial charge < -0.3 is 5.32 Å². The summed E-state index contributed by atoms with van der Waals surface area (Å²) in [6, 6.07) is 5.38. The molecule has 0 aliphatic rings. The van der Waals surface area contributed by atoms with E-state index in [1.165, 1.54) is 12.1 Å². The van der Waals surface area contributed by atoms with Crippen LogP contribution in [0.2, 0.25) is 5.15 Å². The number of carbonyl (C=O) groups excluding carboxylic acids is 1. The third kappa shape index (κ3) is 3.40. The number of aromatic nitrogens is 2. The average Bonchev–Trinajstić information content (AvgIpc) is 2.75. The molecule has 1 aromatic carbocycles. The third-order valence-corrected chi connectivity index (χ3v) is 3.83. The summed E-state index contributed by atoms with van der Waals surface area (Å²) in [5.41, 5.74) is 0.441. The maximum absolute atomic E-state index is 13.6. The fourth-order valence-corrected chi connectivity index (χ4v) is 2.72. The molecule has 112 valence electrons. The first-order chi connectivity index (χ1) is 9.68. The zero-order valence-electron chi connectivity index (χ0n) is 11.1. The fraction of sp³-hybridized carbons (Fsp3) is 0.167. The van der Waals surface area contributed by atoms with E-state index in [0.717, 1.165) is 12.3 Å². The Bertz CT molecular complexity index is 817. The second-order valence-electron chi connectivity index (χ2n) is 4.40. The molecule has 1 aromatic heterocycles. The van der Waals surface area contributed by atoms with Gasteiger partial charge in [-0.05, 0) is 24.6 Å². The van der Waals surface area contributed by atoms with E-state index in [-0.39, 0.29) is 16.5 Å². The molecule has 1 N–H and O–H groups in total. The standard InChI is InChI=1S/C12H11ClFN3O3S/c1-7-3-4-9(8(14)5-7)15-12(18)10-6-11(13)17(16-10)21(2,19)20/h3-6H,1-2H3,(H,15,18). The first-order valence-electron chi connectivity index (χ1n) is 5.72. The molecule has 0 bridgehead atoms. The quantitative estimate of drug-likeness (QED) is 0.933. The molecule has 2 aromatic rings. The van der Waals surface area contributed by atoms with Crippen molar-refractivity contribution >= 4 is 33.2 Å². The van der Waals surface area contributed by atoms with Crippen LogP contribution in [0.3, 0.4) is 0 Å². The molecule has 0 radical (unpaired) electrons. The number of nitrogens with zero attached hydrogens (tertiary/aromatic N) is 2. The summed E-state index contributed by atoms with van der Waals surface area (Å²) in [7, 11) is -3.71. The summed E-state index contributed by atoms with van der Waals surface area (Å²) >= 11 is 5.70. The van der Waals surface area contributed by atoms with Crippen LogP contribution >= 0.6 is 11.6 Å². The molecule has 0 spiro atoms. The maximum Gasteiger partial charge on any atom is 0.276 e. The van der Waals surface area contributed by atoms with E-state index in [9.17, 15) is 17.6 Å². The Labute approximate surface area is 125 Å². The Balaban J connectivity index is 2.29. The van der Waals surface area contributed by atoms with Gasteiger partial charge in [0.2, 0.25) is 0 Å². The van der Waals surface area contributed by atoms with E-state index >= 15 is 0 Å². The van der Waals surface area contributed by atoms with E-state index < -0.39 is 21.7 Å². The van der Waals surface area contributed by atoms with E-state index in [1.807, 2.05) is 0 Å². The van der Waals surface area contributed by atoms with Crippen LogP contribution in [0, 0.1) is 12.7 Å². The lowest BCUT2D eigenvalue weighted by atomic mass is 10.2. The molecular formula is C12H11ClFN3O3S. The van der Waals surface area contributed by atoms with E-state index in [4.69, 9.17) is 11.6 Å². The van der Waals surface area contributed by atoms with Crippen molar-refractivity contribution in [2.24, 2.45) is 0 Å². The maximum atomic E-state index is 13.6. The Kier molecular flexibility index (Phi) is 4.02. The number of anilines is 1. The number of aryl methyl sites for hydroxylation is 1. The molecule has 0 aliphatic heterocycles.